The van der Waals surface area contributed by atoms with E-state index >= 15 is 0 Å². The van der Waals surface area contributed by atoms with Gasteiger partial charge in [-0.25, -0.2) is 9.97 Å². The molecule has 0 amide bonds. The van der Waals surface area contributed by atoms with E-state index in [4.69, 9.17) is 9.72 Å². The van der Waals surface area contributed by atoms with E-state index < -0.39 is 17.8 Å². The van der Waals surface area contributed by atoms with E-state index in [0.717, 1.165) is 40.7 Å². The van der Waals surface area contributed by atoms with E-state index in [1.165, 1.54) is 13.2 Å². The number of fused-ring (bicyclic) bond motifs is 1. The number of pyridine rings is 1. The number of carbonyl (C=O) groups excluding carboxylic acids is 1. The number of carbonyl (C=O) groups is 1. The molecule has 1 aromatic carbocycles. The van der Waals surface area contributed by atoms with Gasteiger partial charge >= 0.3 is 6.18 Å². The van der Waals surface area contributed by atoms with Crippen LogP contribution in [0.4, 0.5) is 19.0 Å². The number of nitrogens with zero attached hydrogens (tertiary/aromatic N) is 6. The van der Waals surface area contributed by atoms with Crippen molar-refractivity contribution < 1.29 is 22.7 Å². The predicted octanol–water partition coefficient (Wildman–Crippen LogP) is 4.63. The molecule has 0 saturated carbocycles. The van der Waals surface area contributed by atoms with E-state index in [9.17, 15) is 18.0 Å². The minimum atomic E-state index is -4.68. The Labute approximate surface area is 253 Å². The SMILES string of the molecule is CNC1CN(c2cc(C)cc(C[C@H]3COc4c(cc(Cn5ccnc5C)cc4-c4cn(C)nc4C(F)(F)F)C3=O)n2)C1.Cl. The fourth-order valence-electron chi connectivity index (χ4n) is 5.70. The number of imidazole rings is 1. The summed E-state index contributed by atoms with van der Waals surface area (Å²) < 4.78 is 51.1. The summed E-state index contributed by atoms with van der Waals surface area (Å²) in [6.45, 7) is 5.94. The third-order valence-corrected chi connectivity index (χ3v) is 7.96. The first-order valence-electron chi connectivity index (χ1n) is 13.8. The number of aryl methyl sites for hydroxylation is 3. The molecule has 1 saturated heterocycles. The predicted molar refractivity (Wildman–Crippen MR) is 158 cm³/mol. The minimum absolute atomic E-state index is 0. The van der Waals surface area contributed by atoms with Crippen LogP contribution in [0.5, 0.6) is 5.75 Å². The molecular weight excluding hydrogens is 583 g/mol. The first-order chi connectivity index (χ1) is 20.0. The molecular formula is C30H33ClF3N7O2. The molecule has 0 spiro atoms. The van der Waals surface area contributed by atoms with Gasteiger partial charge in [-0.1, -0.05) is 0 Å². The quantitative estimate of drug-likeness (QED) is 0.324. The number of rotatable bonds is 7. The fraction of sp³-hybridized carbons (Fsp3) is 0.400. The zero-order valence-corrected chi connectivity index (χ0v) is 25.1. The molecule has 228 valence electrons. The van der Waals surface area contributed by atoms with Crippen molar-refractivity contribution in [1.29, 1.82) is 0 Å². The summed E-state index contributed by atoms with van der Waals surface area (Å²) in [5.41, 5.74) is 1.79. The summed E-state index contributed by atoms with van der Waals surface area (Å²) >= 11 is 0. The first kappa shape index (κ1) is 30.6. The van der Waals surface area contributed by atoms with Crippen LogP contribution in [-0.2, 0) is 26.2 Å². The minimum Gasteiger partial charge on any atom is -0.491 e. The maximum Gasteiger partial charge on any atom is 0.435 e. The number of aromatic nitrogens is 5. The van der Waals surface area contributed by atoms with Crippen LogP contribution in [0.25, 0.3) is 11.1 Å². The third-order valence-electron chi connectivity index (χ3n) is 7.96. The Morgan fingerprint density at radius 3 is 2.51 bits per heavy atom. The molecule has 2 aliphatic rings. The number of anilines is 1. The molecule has 4 aromatic rings. The van der Waals surface area contributed by atoms with Crippen LogP contribution in [0, 0.1) is 19.8 Å². The summed E-state index contributed by atoms with van der Waals surface area (Å²) in [4.78, 5) is 25.2. The maximum atomic E-state index is 14.0. The van der Waals surface area contributed by atoms with E-state index in [0.29, 0.717) is 24.6 Å². The Balaban J connectivity index is 0.00000368. The van der Waals surface area contributed by atoms with Gasteiger partial charge in [-0.05, 0) is 56.3 Å². The van der Waals surface area contributed by atoms with E-state index in [1.807, 2.05) is 37.6 Å². The summed E-state index contributed by atoms with van der Waals surface area (Å²) in [6, 6.07) is 7.80. The molecule has 9 nitrogen and oxygen atoms in total. The number of nitrogens with one attached hydrogen (secondary N) is 1. The van der Waals surface area contributed by atoms with Gasteiger partial charge in [0.2, 0.25) is 0 Å². The molecule has 1 atom stereocenters. The van der Waals surface area contributed by atoms with Crippen LogP contribution in [0.2, 0.25) is 0 Å². The molecule has 0 bridgehead atoms. The average Bonchev–Trinajstić information content (AvgIpc) is 3.49. The van der Waals surface area contributed by atoms with Gasteiger partial charge in [-0.3, -0.25) is 9.48 Å². The van der Waals surface area contributed by atoms with Gasteiger partial charge in [-0.2, -0.15) is 18.3 Å². The lowest BCUT2D eigenvalue weighted by Crippen LogP contribution is -2.57. The van der Waals surface area contributed by atoms with Crippen molar-refractivity contribution in [2.75, 3.05) is 31.6 Å². The van der Waals surface area contributed by atoms with Crippen LogP contribution >= 0.6 is 12.4 Å². The van der Waals surface area contributed by atoms with Crippen molar-refractivity contribution in [3.8, 4) is 16.9 Å². The Kier molecular flexibility index (Phi) is 8.28. The standard InChI is InChI=1S/C30H32F3N7O2.ClH/c1-17-7-21(36-26(8-17)40-13-22(14-40)34-3)11-20-16-42-28-23(25-15-38(4)37-29(25)30(31,32)33)9-19(10-24(28)27(20)41)12-39-6-5-35-18(39)2;/h5-10,15,20,22,34H,11-14,16H2,1-4H3;1H/t20-;/m0./s1. The fourth-order valence-corrected chi connectivity index (χ4v) is 5.70. The van der Waals surface area contributed by atoms with Gasteiger partial charge in [0.15, 0.2) is 11.5 Å². The summed E-state index contributed by atoms with van der Waals surface area (Å²) in [7, 11) is 3.38. The van der Waals surface area contributed by atoms with Gasteiger partial charge in [-0.15, -0.1) is 12.4 Å². The molecule has 3 aromatic heterocycles. The highest BCUT2D eigenvalue weighted by Gasteiger charge is 2.40. The monoisotopic (exact) mass is 615 g/mol. The second-order valence-electron chi connectivity index (χ2n) is 11.1. The van der Waals surface area contributed by atoms with Crippen molar-refractivity contribution in [3.63, 3.8) is 0 Å². The highest BCUT2D eigenvalue weighted by atomic mass is 35.5. The van der Waals surface area contributed by atoms with Gasteiger partial charge in [0.05, 0.1) is 18.1 Å². The summed E-state index contributed by atoms with van der Waals surface area (Å²) in [5, 5.41) is 6.95. The van der Waals surface area contributed by atoms with Gasteiger partial charge in [0.25, 0.3) is 0 Å². The van der Waals surface area contributed by atoms with Crippen LogP contribution in [0.3, 0.4) is 0 Å². The number of benzene rings is 1. The van der Waals surface area contributed by atoms with E-state index in [-0.39, 0.29) is 47.2 Å². The number of halogens is 4. The Morgan fingerprint density at radius 2 is 1.84 bits per heavy atom. The highest BCUT2D eigenvalue weighted by Crippen LogP contribution is 2.44. The smallest absolute Gasteiger partial charge is 0.435 e. The lowest BCUT2D eigenvalue weighted by Gasteiger charge is -2.40. The summed E-state index contributed by atoms with van der Waals surface area (Å²) in [5.74, 6) is 1.06. The van der Waals surface area contributed by atoms with Gasteiger partial charge in [0, 0.05) is 74.6 Å². The second-order valence-corrected chi connectivity index (χ2v) is 11.1. The van der Waals surface area contributed by atoms with Gasteiger partial charge < -0.3 is 19.5 Å². The van der Waals surface area contributed by atoms with Crippen LogP contribution in [0.15, 0.2) is 42.9 Å². The maximum absolute atomic E-state index is 14.0. The van der Waals surface area contributed by atoms with Crippen molar-refractivity contribution in [1.82, 2.24) is 29.6 Å². The number of Topliss-reactive ketones (excluding diaryl/α,β-unsaturated/α-hetero) is 1. The lowest BCUT2D eigenvalue weighted by molar-refractivity contribution is -0.140. The zero-order chi connectivity index (χ0) is 29.8. The molecule has 0 aliphatic carbocycles. The number of alkyl halides is 3. The molecule has 1 fully saturated rings. The number of ether oxygens (including phenoxy) is 1. The number of hydrogen-bond donors (Lipinski definition) is 1. The van der Waals surface area contributed by atoms with E-state index in [2.05, 4.69) is 20.3 Å². The molecule has 13 heteroatoms. The number of hydrogen-bond acceptors (Lipinski definition) is 7. The highest BCUT2D eigenvalue weighted by molar-refractivity contribution is 6.04. The normalized spacial score (nSPS) is 16.9. The van der Waals surface area contributed by atoms with Crippen molar-refractivity contribution in [2.24, 2.45) is 13.0 Å². The van der Waals surface area contributed by atoms with Crippen molar-refractivity contribution >= 4 is 24.0 Å². The summed E-state index contributed by atoms with van der Waals surface area (Å²) in [6.07, 6.45) is 0.441. The molecule has 5 heterocycles. The molecule has 1 N–H and O–H groups in total. The lowest BCUT2D eigenvalue weighted by atomic mass is 9.87. The second kappa shape index (κ2) is 11.6. The Bertz CT molecular complexity index is 1660. The largest absolute Gasteiger partial charge is 0.491 e. The number of likely N-dealkylation sites (N-methyl/N-ethyl adjacent to an activating group) is 1. The topological polar surface area (TPSA) is 90.1 Å². The molecule has 6 rings (SSSR count). The average molecular weight is 616 g/mol. The van der Waals surface area contributed by atoms with Crippen molar-refractivity contribution in [2.45, 2.75) is 39.0 Å². The van der Waals surface area contributed by atoms with Crippen LogP contribution < -0.4 is 15.0 Å². The van der Waals surface area contributed by atoms with Crippen LogP contribution in [0.1, 0.15) is 38.7 Å². The van der Waals surface area contributed by atoms with Crippen LogP contribution in [-0.4, -0.2) is 62.9 Å². The van der Waals surface area contributed by atoms with Gasteiger partial charge in [0.1, 0.15) is 17.4 Å². The number of ketones is 1. The van der Waals surface area contributed by atoms with Crippen molar-refractivity contribution in [3.05, 3.63) is 76.8 Å². The Morgan fingerprint density at radius 1 is 1.09 bits per heavy atom. The van der Waals surface area contributed by atoms with E-state index in [1.54, 1.807) is 24.5 Å². The zero-order valence-electron chi connectivity index (χ0n) is 24.3. The Hall–Kier alpha value is -3.90. The molecule has 0 unspecified atom stereocenters. The molecule has 0 radical (unpaired) electrons. The third kappa shape index (κ3) is 5.98. The first-order valence-corrected chi connectivity index (χ1v) is 13.8. The molecule has 43 heavy (non-hydrogen) atoms. The molecule has 2 aliphatic heterocycles.